The highest BCUT2D eigenvalue weighted by atomic mass is 15.3. The van der Waals surface area contributed by atoms with E-state index in [0.717, 1.165) is 33.5 Å². The summed E-state index contributed by atoms with van der Waals surface area (Å²) >= 11 is 0. The lowest BCUT2D eigenvalue weighted by Gasteiger charge is -2.13. The molecule has 5 rings (SSSR count). The summed E-state index contributed by atoms with van der Waals surface area (Å²) in [4.78, 5) is 15.5. The van der Waals surface area contributed by atoms with Gasteiger partial charge in [0, 0.05) is 35.8 Å². The second kappa shape index (κ2) is 4.64. The average molecular weight is 300 g/mol. The van der Waals surface area contributed by atoms with Gasteiger partial charge in [0.2, 0.25) is 0 Å². The molecule has 0 aromatic carbocycles. The fourth-order valence-corrected chi connectivity index (χ4v) is 2.85. The molecule has 3 aliphatic rings. The molecule has 8 bridgehead atoms. The first-order valence-electron chi connectivity index (χ1n) is 7.47. The van der Waals surface area contributed by atoms with Crippen LogP contribution in [-0.4, -0.2) is 25.5 Å². The van der Waals surface area contributed by atoms with E-state index in [0.29, 0.717) is 0 Å². The minimum atomic E-state index is 0.930. The lowest BCUT2D eigenvalue weighted by Crippen LogP contribution is -2.16. The summed E-state index contributed by atoms with van der Waals surface area (Å²) in [7, 11) is 0. The van der Waals surface area contributed by atoms with Crippen LogP contribution in [0.1, 0.15) is 11.4 Å². The van der Waals surface area contributed by atoms with Crippen molar-refractivity contribution in [1.29, 1.82) is 0 Å². The van der Waals surface area contributed by atoms with E-state index < -0.39 is 0 Å². The number of hydrogen-bond acceptors (Lipinski definition) is 3. The molecular weight excluding hydrogens is 286 g/mol. The summed E-state index contributed by atoms with van der Waals surface area (Å²) in [6.45, 7) is 2.00. The van der Waals surface area contributed by atoms with Crippen LogP contribution in [-0.2, 0) is 0 Å². The molecule has 2 N–H and O–H groups in total. The standard InChI is InChI=1S/C18H14N5/c1-2-15-10-22-7-8-23(12-22)11-16-4-6-18(21-16)17-5-3-14(20-17)9-13(1)19-15/h1-12,19-20H/b13-9-,15-10-,16-11-. The highest BCUT2D eigenvalue weighted by Gasteiger charge is 2.13. The molecule has 2 aromatic heterocycles. The van der Waals surface area contributed by atoms with E-state index in [1.807, 2.05) is 53.4 Å². The van der Waals surface area contributed by atoms with Gasteiger partial charge in [-0.3, -0.25) is 0 Å². The van der Waals surface area contributed by atoms with E-state index >= 15 is 0 Å². The number of rotatable bonds is 0. The second-order valence-corrected chi connectivity index (χ2v) is 5.66. The molecule has 0 atom stereocenters. The number of allylic oxidation sites excluding steroid dienone is 2. The maximum absolute atomic E-state index is 4.67. The van der Waals surface area contributed by atoms with Gasteiger partial charge in [-0.15, -0.1) is 0 Å². The van der Waals surface area contributed by atoms with Crippen molar-refractivity contribution in [2.45, 2.75) is 0 Å². The molecule has 5 nitrogen and oxygen atoms in total. The Morgan fingerprint density at radius 3 is 2.65 bits per heavy atom. The number of aromatic nitrogens is 2. The Kier molecular flexibility index (Phi) is 2.49. The Morgan fingerprint density at radius 2 is 1.70 bits per heavy atom. The minimum absolute atomic E-state index is 0.930. The molecule has 0 spiro atoms. The fourth-order valence-electron chi connectivity index (χ4n) is 2.85. The van der Waals surface area contributed by atoms with E-state index in [4.69, 9.17) is 0 Å². The molecule has 3 aliphatic heterocycles. The van der Waals surface area contributed by atoms with Gasteiger partial charge in [0.25, 0.3) is 0 Å². The van der Waals surface area contributed by atoms with Crippen molar-refractivity contribution in [2.75, 3.05) is 0 Å². The minimum Gasteiger partial charge on any atom is -0.354 e. The van der Waals surface area contributed by atoms with Crippen molar-refractivity contribution in [3.8, 4) is 0 Å². The van der Waals surface area contributed by atoms with Gasteiger partial charge >= 0.3 is 0 Å². The molecule has 5 heterocycles. The van der Waals surface area contributed by atoms with E-state index in [1.54, 1.807) is 0 Å². The van der Waals surface area contributed by atoms with Gasteiger partial charge < -0.3 is 19.8 Å². The average Bonchev–Trinajstić information content (AvgIpc) is 3.28. The van der Waals surface area contributed by atoms with Crippen molar-refractivity contribution < 1.29 is 0 Å². The highest BCUT2D eigenvalue weighted by molar-refractivity contribution is 6.10. The van der Waals surface area contributed by atoms with Crippen molar-refractivity contribution in [3.63, 3.8) is 0 Å². The first kappa shape index (κ1) is 12.3. The van der Waals surface area contributed by atoms with E-state index in [9.17, 15) is 0 Å². The first-order valence-corrected chi connectivity index (χ1v) is 7.47. The van der Waals surface area contributed by atoms with Gasteiger partial charge in [0.1, 0.15) is 6.67 Å². The summed E-state index contributed by atoms with van der Waals surface area (Å²) in [5.74, 6) is 0. The molecule has 1 radical (unpaired) electrons. The quantitative estimate of drug-likeness (QED) is 0.771. The van der Waals surface area contributed by atoms with Crippen LogP contribution in [0.3, 0.4) is 0 Å². The number of aromatic amines is 2. The molecule has 0 saturated carbocycles. The predicted molar refractivity (Wildman–Crippen MR) is 89.7 cm³/mol. The van der Waals surface area contributed by atoms with Crippen molar-refractivity contribution in [3.05, 3.63) is 89.5 Å². The van der Waals surface area contributed by atoms with E-state index in [-0.39, 0.29) is 0 Å². The zero-order chi connectivity index (χ0) is 15.2. The Bertz CT molecular complexity index is 1010. The van der Waals surface area contributed by atoms with Gasteiger partial charge in [0.15, 0.2) is 0 Å². The summed E-state index contributed by atoms with van der Waals surface area (Å²) in [5, 5.41) is 2.11. The number of nitrogens with zero attached hydrogens (tertiary/aromatic N) is 3. The molecule has 0 unspecified atom stereocenters. The molecule has 5 heteroatoms. The van der Waals surface area contributed by atoms with Crippen LogP contribution in [0.5, 0.6) is 0 Å². The van der Waals surface area contributed by atoms with Crippen LogP contribution in [0.25, 0.3) is 12.3 Å². The Morgan fingerprint density at radius 1 is 0.826 bits per heavy atom. The van der Waals surface area contributed by atoms with Gasteiger partial charge in [-0.2, -0.15) is 0 Å². The molecule has 23 heavy (non-hydrogen) atoms. The monoisotopic (exact) mass is 300 g/mol. The third-order valence-electron chi connectivity index (χ3n) is 3.94. The summed E-state index contributed by atoms with van der Waals surface area (Å²) in [6, 6.07) is 8.26. The first-order chi connectivity index (χ1) is 11.3. The normalized spacial score (nSPS) is 23.3. The second-order valence-electron chi connectivity index (χ2n) is 5.66. The van der Waals surface area contributed by atoms with Gasteiger partial charge in [-0.25, -0.2) is 4.99 Å². The van der Waals surface area contributed by atoms with Crippen LogP contribution in [0.4, 0.5) is 0 Å². The van der Waals surface area contributed by atoms with Gasteiger partial charge in [-0.1, -0.05) is 0 Å². The Labute approximate surface area is 133 Å². The molecule has 0 saturated heterocycles. The number of fused-ring (bicyclic) bond motifs is 8. The molecule has 2 aromatic rings. The third kappa shape index (κ3) is 2.23. The highest BCUT2D eigenvalue weighted by Crippen LogP contribution is 2.19. The van der Waals surface area contributed by atoms with Crippen molar-refractivity contribution >= 4 is 18.0 Å². The largest absolute Gasteiger partial charge is 0.354 e. The zero-order valence-corrected chi connectivity index (χ0v) is 12.3. The number of nitrogens with one attached hydrogen (secondary N) is 2. The summed E-state index contributed by atoms with van der Waals surface area (Å²) in [5.41, 5.74) is 3.95. The topological polar surface area (TPSA) is 50.4 Å². The molecule has 0 amide bonds. The lowest BCUT2D eigenvalue weighted by molar-refractivity contribution is 0.513. The fraction of sp³-hybridized carbons (Fsp3) is 0. The number of aliphatic imine (C=N–C) groups is 1. The predicted octanol–water partition coefficient (Wildman–Crippen LogP) is 1.33. The smallest absolute Gasteiger partial charge is 0.149 e. The van der Waals surface area contributed by atoms with Crippen molar-refractivity contribution in [2.24, 2.45) is 4.99 Å². The third-order valence-corrected chi connectivity index (χ3v) is 3.94. The summed E-state index contributed by atoms with van der Waals surface area (Å²) < 4.78 is 0. The Hall–Kier alpha value is -3.21. The maximum atomic E-state index is 4.67. The molecule has 111 valence electrons. The van der Waals surface area contributed by atoms with Crippen LogP contribution >= 0.6 is 0 Å². The van der Waals surface area contributed by atoms with Gasteiger partial charge in [-0.05, 0) is 42.5 Å². The Balaban J connectivity index is 1.69. The maximum Gasteiger partial charge on any atom is 0.149 e. The van der Waals surface area contributed by atoms with E-state index in [2.05, 4.69) is 45.3 Å². The van der Waals surface area contributed by atoms with Crippen LogP contribution in [0, 0.1) is 6.67 Å². The van der Waals surface area contributed by atoms with E-state index in [1.165, 1.54) is 0 Å². The van der Waals surface area contributed by atoms with Crippen LogP contribution in [0.2, 0.25) is 0 Å². The van der Waals surface area contributed by atoms with Crippen LogP contribution < -0.4 is 10.7 Å². The molecule has 0 fully saturated rings. The zero-order valence-electron chi connectivity index (χ0n) is 12.3. The SMILES string of the molecule is [CH]1N2C=CN1/C=c1/cc/c([nH]1)=C/c1ccc([nH]1)C1=N/C(=C\2)C=C1. The van der Waals surface area contributed by atoms with Crippen molar-refractivity contribution in [1.82, 2.24) is 19.8 Å². The summed E-state index contributed by atoms with van der Waals surface area (Å²) in [6.07, 6.45) is 14.2. The number of hydrogen-bond donors (Lipinski definition) is 2. The number of H-pyrrole nitrogens is 2. The van der Waals surface area contributed by atoms with Gasteiger partial charge in [0.05, 0.1) is 22.5 Å². The molecule has 0 aliphatic carbocycles. The van der Waals surface area contributed by atoms with Crippen LogP contribution in [0.15, 0.2) is 65.7 Å². The lowest BCUT2D eigenvalue weighted by atomic mass is 10.3. The molecular formula is C18H14N5.